The quantitative estimate of drug-likeness (QED) is 0.839. The number of carbonyl (C=O) groups is 1. The molecule has 0 aromatic heterocycles. The fourth-order valence-electron chi connectivity index (χ4n) is 2.27. The van der Waals surface area contributed by atoms with Gasteiger partial charge in [0, 0.05) is 37.0 Å². The number of carbonyl (C=O) groups excluding carboxylic acids is 1. The van der Waals surface area contributed by atoms with Crippen LogP contribution in [0.25, 0.3) is 0 Å². The van der Waals surface area contributed by atoms with E-state index in [-0.39, 0.29) is 5.91 Å². The van der Waals surface area contributed by atoms with Gasteiger partial charge in [0.1, 0.15) is 0 Å². The maximum atomic E-state index is 11.3. The average Bonchev–Trinajstić information content (AvgIpc) is 2.65. The minimum absolute atomic E-state index is 0.188. The summed E-state index contributed by atoms with van der Waals surface area (Å²) in [6.07, 6.45) is 1.80. The first kappa shape index (κ1) is 14.4. The van der Waals surface area contributed by atoms with Crippen molar-refractivity contribution in [3.8, 4) is 0 Å². The summed E-state index contributed by atoms with van der Waals surface area (Å²) in [4.78, 5) is 15.1. The second-order valence-corrected chi connectivity index (χ2v) is 6.10. The van der Waals surface area contributed by atoms with Gasteiger partial charge in [-0.2, -0.15) is 0 Å². The van der Waals surface area contributed by atoms with E-state index in [1.807, 2.05) is 17.8 Å². The number of rotatable bonds is 5. The Kier molecular flexibility index (Phi) is 5.73. The fourth-order valence-corrected chi connectivity index (χ4v) is 3.32. The molecule has 0 aliphatic carbocycles. The Labute approximate surface area is 119 Å². The third-order valence-electron chi connectivity index (χ3n) is 3.52. The highest BCUT2D eigenvalue weighted by Crippen LogP contribution is 2.19. The van der Waals surface area contributed by atoms with Crippen molar-refractivity contribution in [2.45, 2.75) is 30.7 Å². The number of benzene rings is 1. The van der Waals surface area contributed by atoms with Gasteiger partial charge in [0.05, 0.1) is 0 Å². The molecule has 1 amide bonds. The summed E-state index contributed by atoms with van der Waals surface area (Å²) in [5.74, 6) is 1.32. The van der Waals surface area contributed by atoms with Crippen molar-refractivity contribution in [1.29, 1.82) is 0 Å². The van der Waals surface area contributed by atoms with Gasteiger partial charge in [0.2, 0.25) is 5.91 Å². The lowest BCUT2D eigenvalue weighted by Gasteiger charge is -2.26. The van der Waals surface area contributed by atoms with Crippen molar-refractivity contribution in [3.05, 3.63) is 30.3 Å². The van der Waals surface area contributed by atoms with Gasteiger partial charge in [-0.05, 0) is 31.2 Å². The molecule has 0 unspecified atom stereocenters. The van der Waals surface area contributed by atoms with Crippen molar-refractivity contribution in [2.75, 3.05) is 25.4 Å². The summed E-state index contributed by atoms with van der Waals surface area (Å²) in [5.41, 5.74) is 0. The molecular weight excluding hydrogens is 256 g/mol. The summed E-state index contributed by atoms with van der Waals surface area (Å²) in [5, 5.41) is 2.93. The summed E-state index contributed by atoms with van der Waals surface area (Å²) in [7, 11) is 0. The molecule has 3 nitrogen and oxygen atoms in total. The van der Waals surface area contributed by atoms with Gasteiger partial charge in [-0.15, -0.1) is 11.8 Å². The van der Waals surface area contributed by atoms with Gasteiger partial charge < -0.3 is 5.32 Å². The zero-order valence-corrected chi connectivity index (χ0v) is 12.3. The average molecular weight is 278 g/mol. The molecule has 1 aliphatic heterocycles. The number of amides is 1. The van der Waals surface area contributed by atoms with Gasteiger partial charge in [-0.1, -0.05) is 18.2 Å². The molecule has 1 aliphatic rings. The maximum absolute atomic E-state index is 11.3. The molecule has 0 saturated carbocycles. The Morgan fingerprint density at radius 2 is 2.11 bits per heavy atom. The highest BCUT2D eigenvalue weighted by Gasteiger charge is 2.17. The monoisotopic (exact) mass is 278 g/mol. The molecule has 1 atom stereocenters. The van der Waals surface area contributed by atoms with Crippen LogP contribution in [0.2, 0.25) is 0 Å². The summed E-state index contributed by atoms with van der Waals surface area (Å²) >= 11 is 1.91. The van der Waals surface area contributed by atoms with Crippen LogP contribution in [-0.2, 0) is 4.79 Å². The third-order valence-corrected chi connectivity index (χ3v) is 4.56. The molecule has 19 heavy (non-hydrogen) atoms. The van der Waals surface area contributed by atoms with Crippen LogP contribution in [0.4, 0.5) is 0 Å². The highest BCUT2D eigenvalue weighted by molar-refractivity contribution is 7.99. The van der Waals surface area contributed by atoms with Crippen LogP contribution in [-0.4, -0.2) is 42.2 Å². The van der Waals surface area contributed by atoms with E-state index in [4.69, 9.17) is 0 Å². The zero-order valence-electron chi connectivity index (χ0n) is 11.5. The third kappa shape index (κ3) is 4.88. The second-order valence-electron chi connectivity index (χ2n) is 4.94. The van der Waals surface area contributed by atoms with E-state index in [1.54, 1.807) is 0 Å². The largest absolute Gasteiger partial charge is 0.355 e. The van der Waals surface area contributed by atoms with Crippen LogP contribution in [0.3, 0.4) is 0 Å². The predicted molar refractivity (Wildman–Crippen MR) is 80.4 cm³/mol. The topological polar surface area (TPSA) is 32.3 Å². The van der Waals surface area contributed by atoms with Crippen molar-refractivity contribution >= 4 is 17.7 Å². The lowest BCUT2D eigenvalue weighted by atomic mass is 10.2. The predicted octanol–water partition coefficient (Wildman–Crippen LogP) is 2.38. The molecule has 1 fully saturated rings. The molecule has 1 saturated heterocycles. The van der Waals surface area contributed by atoms with Crippen molar-refractivity contribution < 1.29 is 4.79 Å². The van der Waals surface area contributed by atoms with Crippen LogP contribution in [0.5, 0.6) is 0 Å². The molecule has 0 spiro atoms. The fraction of sp³-hybridized carbons (Fsp3) is 0.533. The van der Waals surface area contributed by atoms with E-state index in [0.29, 0.717) is 12.5 Å². The number of hydrogen-bond donors (Lipinski definition) is 1. The van der Waals surface area contributed by atoms with Crippen LogP contribution >= 0.6 is 11.8 Å². The van der Waals surface area contributed by atoms with Gasteiger partial charge in [0.15, 0.2) is 0 Å². The second kappa shape index (κ2) is 7.56. The van der Waals surface area contributed by atoms with Crippen molar-refractivity contribution in [1.82, 2.24) is 10.2 Å². The van der Waals surface area contributed by atoms with Gasteiger partial charge in [0.25, 0.3) is 0 Å². The lowest BCUT2D eigenvalue weighted by Crippen LogP contribution is -2.36. The van der Waals surface area contributed by atoms with E-state index >= 15 is 0 Å². The molecule has 1 N–H and O–H groups in total. The smallest absolute Gasteiger partial charge is 0.221 e. The molecular formula is C15H22N2OS. The molecule has 4 heteroatoms. The van der Waals surface area contributed by atoms with Crippen LogP contribution < -0.4 is 5.32 Å². The molecule has 1 aromatic rings. The normalized spacial score (nSPS) is 18.7. The number of nitrogens with zero attached hydrogens (tertiary/aromatic N) is 1. The number of nitrogens with one attached hydrogen (secondary N) is 1. The van der Waals surface area contributed by atoms with Crippen LogP contribution in [0.15, 0.2) is 35.2 Å². The lowest BCUT2D eigenvalue weighted by molar-refractivity contribution is -0.120. The maximum Gasteiger partial charge on any atom is 0.221 e. The minimum atomic E-state index is 0.188. The van der Waals surface area contributed by atoms with Gasteiger partial charge >= 0.3 is 0 Å². The Morgan fingerprint density at radius 3 is 2.89 bits per heavy atom. The first-order valence-electron chi connectivity index (χ1n) is 6.94. The Morgan fingerprint density at radius 1 is 1.32 bits per heavy atom. The van der Waals surface area contributed by atoms with Crippen LogP contribution in [0, 0.1) is 0 Å². The zero-order chi connectivity index (χ0) is 13.5. The summed E-state index contributed by atoms with van der Waals surface area (Å²) in [6, 6.07) is 11.1. The van der Waals surface area contributed by atoms with E-state index < -0.39 is 0 Å². The Bertz CT molecular complexity index is 396. The minimum Gasteiger partial charge on any atom is -0.355 e. The molecule has 1 heterocycles. The standard InChI is InChI=1S/C15H22N2OS/c1-13(17-10-7-15(18)16-9-11-17)8-12-19-14-5-3-2-4-6-14/h2-6,13H,7-12H2,1H3,(H,16,18)/t13-/m1/s1. The molecule has 2 rings (SSSR count). The van der Waals surface area contributed by atoms with E-state index in [0.717, 1.165) is 31.8 Å². The Balaban J connectivity index is 1.71. The van der Waals surface area contributed by atoms with Gasteiger partial charge in [-0.25, -0.2) is 0 Å². The summed E-state index contributed by atoms with van der Waals surface area (Å²) in [6.45, 7) is 4.92. The van der Waals surface area contributed by atoms with Gasteiger partial charge in [-0.3, -0.25) is 9.69 Å². The molecule has 0 bridgehead atoms. The first-order chi connectivity index (χ1) is 9.25. The van der Waals surface area contributed by atoms with Crippen molar-refractivity contribution in [3.63, 3.8) is 0 Å². The molecule has 1 aromatic carbocycles. The van der Waals surface area contributed by atoms with Crippen molar-refractivity contribution in [2.24, 2.45) is 0 Å². The molecule has 104 valence electrons. The highest BCUT2D eigenvalue weighted by atomic mass is 32.2. The van der Waals surface area contributed by atoms with E-state index in [9.17, 15) is 4.79 Å². The molecule has 0 radical (unpaired) electrons. The first-order valence-corrected chi connectivity index (χ1v) is 7.93. The van der Waals surface area contributed by atoms with Crippen LogP contribution in [0.1, 0.15) is 19.8 Å². The van der Waals surface area contributed by atoms with E-state index in [1.165, 1.54) is 4.90 Å². The number of thioether (sulfide) groups is 1. The SMILES string of the molecule is C[C@H](CCSc1ccccc1)N1CCNC(=O)CC1. The Hall–Kier alpha value is -1.00. The van der Waals surface area contributed by atoms with E-state index in [2.05, 4.69) is 41.4 Å². The summed E-state index contributed by atoms with van der Waals surface area (Å²) < 4.78 is 0. The number of hydrogen-bond acceptors (Lipinski definition) is 3.